The summed E-state index contributed by atoms with van der Waals surface area (Å²) in [6, 6.07) is 11.8. The van der Waals surface area contributed by atoms with Crippen LogP contribution in [0.25, 0.3) is 5.65 Å². The highest BCUT2D eigenvalue weighted by Crippen LogP contribution is 2.14. The summed E-state index contributed by atoms with van der Waals surface area (Å²) in [4.78, 5) is 0. The van der Waals surface area contributed by atoms with Gasteiger partial charge in [-0.05, 0) is 36.2 Å². The molecule has 0 amide bonds. The van der Waals surface area contributed by atoms with E-state index in [1.54, 1.807) is 7.11 Å². The van der Waals surface area contributed by atoms with E-state index in [9.17, 15) is 0 Å². The molecule has 2 heterocycles. The van der Waals surface area contributed by atoms with E-state index in [-0.39, 0.29) is 0 Å². The minimum absolute atomic E-state index is 0.711. The molecule has 1 aromatic carbocycles. The first-order valence-corrected chi connectivity index (χ1v) is 6.48. The molecule has 0 saturated carbocycles. The molecule has 0 bridgehead atoms. The van der Waals surface area contributed by atoms with E-state index >= 15 is 0 Å². The number of aryl methyl sites for hydroxylation is 2. The number of hydrogen-bond acceptors (Lipinski definition) is 4. The van der Waals surface area contributed by atoms with E-state index in [4.69, 9.17) is 10.5 Å². The number of aromatic nitrogens is 3. The number of fused-ring (bicyclic) bond motifs is 1. The summed E-state index contributed by atoms with van der Waals surface area (Å²) in [5.74, 6) is 1.79. The van der Waals surface area contributed by atoms with E-state index in [2.05, 4.69) is 22.3 Å². The van der Waals surface area contributed by atoms with Gasteiger partial charge in [0, 0.05) is 18.3 Å². The van der Waals surface area contributed by atoms with Gasteiger partial charge in [0.2, 0.25) is 0 Å². The predicted octanol–water partition coefficient (Wildman–Crippen LogP) is 2.11. The van der Waals surface area contributed by atoms with Crippen molar-refractivity contribution >= 4 is 11.3 Å². The Kier molecular flexibility index (Phi) is 3.25. The summed E-state index contributed by atoms with van der Waals surface area (Å²) >= 11 is 0. The lowest BCUT2D eigenvalue weighted by Crippen LogP contribution is -1.99. The Morgan fingerprint density at radius 3 is 2.60 bits per heavy atom. The minimum Gasteiger partial charge on any atom is -0.497 e. The number of hydrogen-bond donors (Lipinski definition) is 1. The van der Waals surface area contributed by atoms with E-state index in [1.807, 2.05) is 34.9 Å². The van der Waals surface area contributed by atoms with E-state index in [0.29, 0.717) is 5.69 Å². The Bertz CT molecular complexity index is 718. The molecule has 5 nitrogen and oxygen atoms in total. The normalized spacial score (nSPS) is 10.8. The van der Waals surface area contributed by atoms with Crippen LogP contribution in [0.15, 0.2) is 42.6 Å². The zero-order chi connectivity index (χ0) is 13.9. The first kappa shape index (κ1) is 12.5. The average molecular weight is 268 g/mol. The van der Waals surface area contributed by atoms with Crippen molar-refractivity contribution in [1.29, 1.82) is 0 Å². The molecule has 2 aromatic heterocycles. The Labute approximate surface area is 117 Å². The van der Waals surface area contributed by atoms with Gasteiger partial charge >= 0.3 is 0 Å². The lowest BCUT2D eigenvalue weighted by Gasteiger charge is -2.03. The van der Waals surface area contributed by atoms with Gasteiger partial charge in [0.1, 0.15) is 11.6 Å². The number of rotatable bonds is 4. The van der Waals surface area contributed by atoms with Crippen LogP contribution >= 0.6 is 0 Å². The maximum Gasteiger partial charge on any atom is 0.160 e. The molecule has 20 heavy (non-hydrogen) atoms. The molecule has 0 aliphatic heterocycles. The lowest BCUT2D eigenvalue weighted by molar-refractivity contribution is 0.414. The molecule has 0 unspecified atom stereocenters. The third kappa shape index (κ3) is 2.42. The monoisotopic (exact) mass is 268 g/mol. The fourth-order valence-corrected chi connectivity index (χ4v) is 2.17. The Hall–Kier alpha value is -2.56. The maximum atomic E-state index is 5.80. The van der Waals surface area contributed by atoms with Crippen molar-refractivity contribution in [3.8, 4) is 5.75 Å². The van der Waals surface area contributed by atoms with Crippen LogP contribution in [-0.4, -0.2) is 21.7 Å². The van der Waals surface area contributed by atoms with Gasteiger partial charge in [0.25, 0.3) is 0 Å². The molecule has 0 spiro atoms. The fraction of sp³-hybridized carbons (Fsp3) is 0.200. The van der Waals surface area contributed by atoms with Crippen LogP contribution in [0.2, 0.25) is 0 Å². The van der Waals surface area contributed by atoms with Crippen LogP contribution in [0.1, 0.15) is 11.4 Å². The number of ether oxygens (including phenoxy) is 1. The first-order valence-electron chi connectivity index (χ1n) is 6.48. The third-order valence-corrected chi connectivity index (χ3v) is 3.29. The Morgan fingerprint density at radius 2 is 1.85 bits per heavy atom. The molecule has 0 radical (unpaired) electrons. The van der Waals surface area contributed by atoms with Crippen LogP contribution in [0.3, 0.4) is 0 Å². The second kappa shape index (κ2) is 5.21. The van der Waals surface area contributed by atoms with Crippen LogP contribution < -0.4 is 10.5 Å². The van der Waals surface area contributed by atoms with Gasteiger partial charge in [-0.2, -0.15) is 0 Å². The zero-order valence-electron chi connectivity index (χ0n) is 11.3. The van der Waals surface area contributed by atoms with Gasteiger partial charge in [-0.3, -0.25) is 4.40 Å². The first-order chi connectivity index (χ1) is 9.76. The van der Waals surface area contributed by atoms with Gasteiger partial charge in [-0.1, -0.05) is 12.1 Å². The second-order valence-corrected chi connectivity index (χ2v) is 4.65. The molecule has 0 atom stereocenters. The quantitative estimate of drug-likeness (QED) is 0.787. The Balaban J connectivity index is 1.77. The van der Waals surface area contributed by atoms with Crippen molar-refractivity contribution in [2.75, 3.05) is 12.8 Å². The summed E-state index contributed by atoms with van der Waals surface area (Å²) in [5.41, 5.74) is 8.58. The van der Waals surface area contributed by atoms with Crippen molar-refractivity contribution < 1.29 is 4.74 Å². The number of anilines is 1. The summed E-state index contributed by atoms with van der Waals surface area (Å²) < 4.78 is 7.09. The highest BCUT2D eigenvalue weighted by atomic mass is 16.5. The van der Waals surface area contributed by atoms with Gasteiger partial charge in [-0.15, -0.1) is 10.2 Å². The average Bonchev–Trinajstić information content (AvgIpc) is 2.88. The third-order valence-electron chi connectivity index (χ3n) is 3.29. The van der Waals surface area contributed by atoms with E-state index in [0.717, 1.165) is 30.1 Å². The van der Waals surface area contributed by atoms with E-state index in [1.165, 1.54) is 5.56 Å². The second-order valence-electron chi connectivity index (χ2n) is 4.65. The number of pyridine rings is 1. The zero-order valence-corrected chi connectivity index (χ0v) is 11.3. The fourth-order valence-electron chi connectivity index (χ4n) is 2.17. The standard InChI is InChI=1S/C15H16N4O/c1-20-13-6-2-11(3-7-13)4-8-14-17-18-15-9-5-12(16)10-19(14)15/h2-3,5-7,9-10H,4,8,16H2,1H3. The molecule has 5 heteroatoms. The lowest BCUT2D eigenvalue weighted by atomic mass is 10.1. The Morgan fingerprint density at radius 1 is 1.05 bits per heavy atom. The van der Waals surface area contributed by atoms with Gasteiger partial charge in [0.15, 0.2) is 5.65 Å². The summed E-state index contributed by atoms with van der Waals surface area (Å²) in [6.07, 6.45) is 3.58. The maximum absolute atomic E-state index is 5.80. The van der Waals surface area contributed by atoms with Crippen LogP contribution in [0.5, 0.6) is 5.75 Å². The van der Waals surface area contributed by atoms with Crippen molar-refractivity contribution in [2.24, 2.45) is 0 Å². The van der Waals surface area contributed by atoms with Crippen molar-refractivity contribution in [1.82, 2.24) is 14.6 Å². The summed E-state index contributed by atoms with van der Waals surface area (Å²) in [5, 5.41) is 8.35. The van der Waals surface area contributed by atoms with Crippen LogP contribution in [0.4, 0.5) is 5.69 Å². The van der Waals surface area contributed by atoms with Crippen LogP contribution in [-0.2, 0) is 12.8 Å². The van der Waals surface area contributed by atoms with Gasteiger partial charge < -0.3 is 10.5 Å². The number of nitrogen functional groups attached to an aromatic ring is 1. The predicted molar refractivity (Wildman–Crippen MR) is 77.8 cm³/mol. The largest absolute Gasteiger partial charge is 0.497 e. The highest BCUT2D eigenvalue weighted by molar-refractivity contribution is 5.47. The van der Waals surface area contributed by atoms with Gasteiger partial charge in [-0.25, -0.2) is 0 Å². The molecule has 0 fully saturated rings. The number of nitrogens with two attached hydrogens (primary N) is 1. The molecule has 0 aliphatic carbocycles. The molecular formula is C15H16N4O. The molecule has 102 valence electrons. The number of methoxy groups -OCH3 is 1. The van der Waals surface area contributed by atoms with E-state index < -0.39 is 0 Å². The number of nitrogens with zero attached hydrogens (tertiary/aromatic N) is 3. The highest BCUT2D eigenvalue weighted by Gasteiger charge is 2.06. The van der Waals surface area contributed by atoms with Crippen molar-refractivity contribution in [2.45, 2.75) is 12.8 Å². The van der Waals surface area contributed by atoms with Crippen molar-refractivity contribution in [3.05, 3.63) is 54.0 Å². The molecule has 2 N–H and O–H groups in total. The smallest absolute Gasteiger partial charge is 0.160 e. The molecular weight excluding hydrogens is 252 g/mol. The minimum atomic E-state index is 0.711. The molecule has 3 rings (SSSR count). The summed E-state index contributed by atoms with van der Waals surface area (Å²) in [7, 11) is 1.67. The number of benzene rings is 1. The summed E-state index contributed by atoms with van der Waals surface area (Å²) in [6.45, 7) is 0. The van der Waals surface area contributed by atoms with Crippen molar-refractivity contribution in [3.63, 3.8) is 0 Å². The topological polar surface area (TPSA) is 65.4 Å². The molecule has 0 saturated heterocycles. The van der Waals surface area contributed by atoms with Gasteiger partial charge in [0.05, 0.1) is 7.11 Å². The molecule has 3 aromatic rings. The SMILES string of the molecule is COc1ccc(CCc2nnc3ccc(N)cn23)cc1. The molecule has 0 aliphatic rings. The van der Waals surface area contributed by atoms with Crippen LogP contribution in [0, 0.1) is 0 Å².